The lowest BCUT2D eigenvalue weighted by Crippen LogP contribution is -2.55. The smallest absolute Gasteiger partial charge is 0.236 e. The number of guanidine groups is 1. The molecule has 0 aliphatic carbocycles. The van der Waals surface area contributed by atoms with Gasteiger partial charge >= 0.3 is 0 Å². The van der Waals surface area contributed by atoms with Crippen LogP contribution in [0, 0.1) is 25.7 Å². The third-order valence-electron chi connectivity index (χ3n) is 6.10. The predicted octanol–water partition coefficient (Wildman–Crippen LogP) is 2.62. The molecule has 1 amide bonds. The van der Waals surface area contributed by atoms with Crippen LogP contribution in [0.1, 0.15) is 35.8 Å². The monoisotopic (exact) mass is 562 g/mol. The van der Waals surface area contributed by atoms with Gasteiger partial charge in [-0.25, -0.2) is 4.98 Å². The number of aliphatic imine (C=N–C) groups is 1. The molecule has 2 saturated heterocycles. The third-order valence-corrected chi connectivity index (χ3v) is 7.23. The molecule has 3 rings (SSSR count). The highest BCUT2D eigenvalue weighted by Gasteiger charge is 2.28. The van der Waals surface area contributed by atoms with Crippen molar-refractivity contribution in [2.24, 2.45) is 16.8 Å². The lowest BCUT2D eigenvalue weighted by molar-refractivity contribution is -0.135. The minimum atomic E-state index is 0. The first-order valence-electron chi connectivity index (χ1n) is 11.2. The van der Waals surface area contributed by atoms with Crippen LogP contribution in [0.25, 0.3) is 0 Å². The molecule has 3 heterocycles. The molecule has 2 unspecified atom stereocenters. The molecule has 2 aliphatic rings. The van der Waals surface area contributed by atoms with Crippen molar-refractivity contribution >= 4 is 47.2 Å². The molecule has 31 heavy (non-hydrogen) atoms. The van der Waals surface area contributed by atoms with E-state index in [1.54, 1.807) is 11.3 Å². The fourth-order valence-electron chi connectivity index (χ4n) is 4.70. The summed E-state index contributed by atoms with van der Waals surface area (Å²) in [6.45, 7) is 15.5. The van der Waals surface area contributed by atoms with E-state index in [4.69, 9.17) is 0 Å². The molecule has 1 N–H and O–H groups in total. The van der Waals surface area contributed by atoms with Crippen molar-refractivity contribution in [3.05, 3.63) is 15.6 Å². The number of piperidine rings is 1. The van der Waals surface area contributed by atoms with Crippen LogP contribution >= 0.6 is 35.3 Å². The lowest BCUT2D eigenvalue weighted by atomic mass is 9.92. The number of halogens is 1. The first-order chi connectivity index (χ1) is 14.4. The Kier molecular flexibility index (Phi) is 10.5. The number of carbonyl (C=O) groups is 1. The molecule has 0 aromatic carbocycles. The Morgan fingerprint density at radius 2 is 1.77 bits per heavy atom. The highest BCUT2D eigenvalue weighted by Crippen LogP contribution is 2.21. The van der Waals surface area contributed by atoms with Gasteiger partial charge in [-0.05, 0) is 32.1 Å². The summed E-state index contributed by atoms with van der Waals surface area (Å²) in [7, 11) is 1.85. The van der Waals surface area contributed by atoms with E-state index in [1.165, 1.54) is 11.3 Å². The van der Waals surface area contributed by atoms with E-state index in [2.05, 4.69) is 57.7 Å². The number of rotatable bonds is 5. The molecule has 1 aromatic heterocycles. The van der Waals surface area contributed by atoms with Crippen molar-refractivity contribution in [2.75, 3.05) is 59.4 Å². The molecular weight excluding hydrogens is 523 g/mol. The largest absolute Gasteiger partial charge is 0.356 e. The molecule has 0 spiro atoms. The number of likely N-dealkylation sites (tertiary alicyclic amines) is 1. The fraction of sp³-hybridized carbons (Fsp3) is 0.773. The normalized spacial score (nSPS) is 22.9. The van der Waals surface area contributed by atoms with E-state index in [-0.39, 0.29) is 24.0 Å². The van der Waals surface area contributed by atoms with Crippen LogP contribution in [0.2, 0.25) is 0 Å². The number of hydrogen-bond donors (Lipinski definition) is 1. The number of carbonyl (C=O) groups excluding carboxylic acids is 1. The second-order valence-electron chi connectivity index (χ2n) is 8.97. The number of amides is 1. The van der Waals surface area contributed by atoms with Gasteiger partial charge in [0.2, 0.25) is 5.91 Å². The number of nitrogens with one attached hydrogen (secondary N) is 1. The zero-order chi connectivity index (χ0) is 21.7. The van der Waals surface area contributed by atoms with Crippen LogP contribution in [0.5, 0.6) is 0 Å². The molecule has 2 aliphatic heterocycles. The summed E-state index contributed by atoms with van der Waals surface area (Å²) in [5.41, 5.74) is 1.14. The number of thiazole rings is 1. The second-order valence-corrected chi connectivity index (χ2v) is 10.3. The molecule has 0 saturated carbocycles. The fourth-order valence-corrected chi connectivity index (χ4v) is 5.64. The van der Waals surface area contributed by atoms with Gasteiger partial charge < -0.3 is 15.1 Å². The Hall–Kier alpha value is -0.940. The van der Waals surface area contributed by atoms with Gasteiger partial charge in [0, 0.05) is 64.2 Å². The first-order valence-corrected chi connectivity index (χ1v) is 12.1. The first kappa shape index (κ1) is 26.3. The summed E-state index contributed by atoms with van der Waals surface area (Å²) in [5, 5.41) is 4.63. The summed E-state index contributed by atoms with van der Waals surface area (Å²) in [6.07, 6.45) is 2.20. The Morgan fingerprint density at radius 1 is 1.13 bits per heavy atom. The van der Waals surface area contributed by atoms with Crippen molar-refractivity contribution in [3.8, 4) is 0 Å². The van der Waals surface area contributed by atoms with Crippen LogP contribution < -0.4 is 5.32 Å². The maximum absolute atomic E-state index is 12.8. The van der Waals surface area contributed by atoms with Crippen LogP contribution in [0.4, 0.5) is 0 Å². The topological polar surface area (TPSA) is 64.1 Å². The van der Waals surface area contributed by atoms with E-state index < -0.39 is 0 Å². The van der Waals surface area contributed by atoms with Crippen molar-refractivity contribution < 1.29 is 4.79 Å². The summed E-state index contributed by atoms with van der Waals surface area (Å²) in [6, 6.07) is 0. The van der Waals surface area contributed by atoms with Gasteiger partial charge in [0.25, 0.3) is 0 Å². The molecular formula is C22H39IN6OS. The second kappa shape index (κ2) is 12.3. The summed E-state index contributed by atoms with van der Waals surface area (Å²) < 4.78 is 0. The maximum Gasteiger partial charge on any atom is 0.236 e. The lowest BCUT2D eigenvalue weighted by Gasteiger charge is -2.39. The highest BCUT2D eigenvalue weighted by molar-refractivity contribution is 14.0. The number of aryl methyl sites for hydroxylation is 2. The van der Waals surface area contributed by atoms with E-state index >= 15 is 0 Å². The zero-order valence-electron chi connectivity index (χ0n) is 19.7. The average Bonchev–Trinajstić information content (AvgIpc) is 3.02. The standard InChI is InChI=1S/C22H38N6OS.HI/c1-16-12-17(2)14-28(13-16)21(29)15-26-8-10-27(11-9-26)22(23-5)24-7-6-20-18(3)25-19(4)30-20;/h16-17H,6-15H2,1-5H3,(H,23,24);1H. The molecule has 1 aromatic rings. The highest BCUT2D eigenvalue weighted by atomic mass is 127. The van der Waals surface area contributed by atoms with Crippen molar-refractivity contribution in [2.45, 2.75) is 40.5 Å². The van der Waals surface area contributed by atoms with Crippen LogP contribution in [0.3, 0.4) is 0 Å². The number of nitrogens with zero attached hydrogens (tertiary/aromatic N) is 5. The summed E-state index contributed by atoms with van der Waals surface area (Å²) in [5.74, 6) is 2.47. The minimum absolute atomic E-state index is 0. The summed E-state index contributed by atoms with van der Waals surface area (Å²) in [4.78, 5) is 29.8. The maximum atomic E-state index is 12.8. The van der Waals surface area contributed by atoms with Gasteiger partial charge in [0.15, 0.2) is 5.96 Å². The van der Waals surface area contributed by atoms with Crippen molar-refractivity contribution in [3.63, 3.8) is 0 Å². The van der Waals surface area contributed by atoms with Gasteiger partial charge in [-0.15, -0.1) is 35.3 Å². The van der Waals surface area contributed by atoms with Gasteiger partial charge in [-0.2, -0.15) is 0 Å². The molecule has 176 valence electrons. The molecule has 2 atom stereocenters. The van der Waals surface area contributed by atoms with Crippen LogP contribution in [-0.4, -0.2) is 91.0 Å². The van der Waals surface area contributed by atoms with Crippen molar-refractivity contribution in [1.29, 1.82) is 0 Å². The zero-order valence-corrected chi connectivity index (χ0v) is 22.8. The predicted molar refractivity (Wildman–Crippen MR) is 140 cm³/mol. The Morgan fingerprint density at radius 3 is 2.32 bits per heavy atom. The van der Waals surface area contributed by atoms with E-state index in [9.17, 15) is 4.79 Å². The molecule has 7 nitrogen and oxygen atoms in total. The number of piperazine rings is 1. The quantitative estimate of drug-likeness (QED) is 0.340. The van der Waals surface area contributed by atoms with Gasteiger partial charge in [-0.1, -0.05) is 13.8 Å². The van der Waals surface area contributed by atoms with Crippen molar-refractivity contribution in [1.82, 2.24) is 25.0 Å². The van der Waals surface area contributed by atoms with Crippen LogP contribution in [0.15, 0.2) is 4.99 Å². The molecule has 0 bridgehead atoms. The molecule has 9 heteroatoms. The Labute approximate surface area is 208 Å². The van der Waals surface area contributed by atoms with E-state index in [0.717, 1.165) is 68.9 Å². The minimum Gasteiger partial charge on any atom is -0.356 e. The summed E-state index contributed by atoms with van der Waals surface area (Å²) >= 11 is 1.78. The Balaban J connectivity index is 0.00000341. The number of aromatic nitrogens is 1. The molecule has 0 radical (unpaired) electrons. The average molecular weight is 563 g/mol. The third kappa shape index (κ3) is 7.56. The van der Waals surface area contributed by atoms with E-state index in [1.807, 2.05) is 7.05 Å². The van der Waals surface area contributed by atoms with Gasteiger partial charge in [0.1, 0.15) is 0 Å². The molecule has 2 fully saturated rings. The number of hydrogen-bond acceptors (Lipinski definition) is 5. The van der Waals surface area contributed by atoms with E-state index in [0.29, 0.717) is 24.3 Å². The SMILES string of the molecule is CN=C(NCCc1sc(C)nc1C)N1CCN(CC(=O)N2CC(C)CC(C)C2)CC1.I. The van der Waals surface area contributed by atoms with Crippen LogP contribution in [-0.2, 0) is 11.2 Å². The van der Waals surface area contributed by atoms with Gasteiger partial charge in [-0.3, -0.25) is 14.7 Å². The Bertz CT molecular complexity index is 736. The van der Waals surface area contributed by atoms with Gasteiger partial charge in [0.05, 0.1) is 17.2 Å².